The second-order valence-corrected chi connectivity index (χ2v) is 8.38. The highest BCUT2D eigenvalue weighted by Crippen LogP contribution is 2.41. The topological polar surface area (TPSA) is 0 Å². The monoisotopic (exact) mass is 502 g/mol. The Morgan fingerprint density at radius 2 is 0.943 bits per heavy atom. The molecule has 4 rings (SSSR count). The van der Waals surface area contributed by atoms with Gasteiger partial charge in [0.2, 0.25) is 0 Å². The standard InChI is InChI=1S/C24H13BF10/c1-8(2)11-7-12(10-6-4-3-5-9(10)11)25(13-15(26)19(30)23(34)20(31)16(13)27)14-17(28)21(32)24(35)22(33)18(14)29/h3-8,11H,1-2H3. The van der Waals surface area contributed by atoms with Gasteiger partial charge in [0, 0.05) is 16.8 Å². The number of hydrogen-bond donors (Lipinski definition) is 0. The summed E-state index contributed by atoms with van der Waals surface area (Å²) >= 11 is 0. The van der Waals surface area contributed by atoms with E-state index in [4.69, 9.17) is 0 Å². The molecule has 1 unspecified atom stereocenters. The first-order valence-corrected chi connectivity index (χ1v) is 10.2. The lowest BCUT2D eigenvalue weighted by molar-refractivity contribution is 0.382. The van der Waals surface area contributed by atoms with Crippen molar-refractivity contribution in [3.05, 3.63) is 99.6 Å². The summed E-state index contributed by atoms with van der Waals surface area (Å²) in [4.78, 5) is 0. The Balaban J connectivity index is 2.18. The van der Waals surface area contributed by atoms with E-state index < -0.39 is 81.7 Å². The molecule has 0 fully saturated rings. The van der Waals surface area contributed by atoms with Gasteiger partial charge in [-0.1, -0.05) is 49.7 Å². The number of halogens is 10. The van der Waals surface area contributed by atoms with E-state index in [1.54, 1.807) is 26.0 Å². The molecule has 1 aliphatic rings. The van der Waals surface area contributed by atoms with E-state index in [1.807, 2.05) is 0 Å². The zero-order chi connectivity index (χ0) is 25.9. The Labute approximate surface area is 193 Å². The van der Waals surface area contributed by atoms with E-state index in [1.165, 1.54) is 18.2 Å². The molecule has 11 heteroatoms. The summed E-state index contributed by atoms with van der Waals surface area (Å²) in [7, 11) is 0. The normalized spacial score (nSPS) is 15.0. The van der Waals surface area contributed by atoms with Crippen LogP contribution in [0.4, 0.5) is 43.9 Å². The fraction of sp³-hybridized carbons (Fsp3) is 0.167. The maximum Gasteiger partial charge on any atom is 0.257 e. The Morgan fingerprint density at radius 1 is 0.571 bits per heavy atom. The summed E-state index contributed by atoms with van der Waals surface area (Å²) in [6.45, 7) is 0.897. The van der Waals surface area contributed by atoms with Crippen molar-refractivity contribution in [1.29, 1.82) is 0 Å². The van der Waals surface area contributed by atoms with Crippen LogP contribution in [0.2, 0.25) is 0 Å². The number of hydrogen-bond acceptors (Lipinski definition) is 0. The molecule has 0 N–H and O–H groups in total. The summed E-state index contributed by atoms with van der Waals surface area (Å²) in [6, 6.07) is 5.94. The first kappa shape index (κ1) is 24.9. The van der Waals surface area contributed by atoms with Gasteiger partial charge in [-0.2, -0.15) is 0 Å². The number of allylic oxidation sites excluding steroid dienone is 1. The summed E-state index contributed by atoms with van der Waals surface area (Å²) < 4.78 is 144. The van der Waals surface area contributed by atoms with E-state index in [0.29, 0.717) is 5.56 Å². The van der Waals surface area contributed by atoms with Crippen molar-refractivity contribution in [3.63, 3.8) is 0 Å². The largest absolute Gasteiger partial charge is 0.257 e. The maximum atomic E-state index is 14.9. The van der Waals surface area contributed by atoms with Crippen LogP contribution in [0.25, 0.3) is 5.47 Å². The van der Waals surface area contributed by atoms with Crippen LogP contribution in [-0.2, 0) is 0 Å². The van der Waals surface area contributed by atoms with Crippen molar-refractivity contribution in [1.82, 2.24) is 0 Å². The highest BCUT2D eigenvalue weighted by Gasteiger charge is 2.44. The second-order valence-electron chi connectivity index (χ2n) is 8.38. The van der Waals surface area contributed by atoms with E-state index in [2.05, 4.69) is 0 Å². The molecule has 3 aromatic rings. The first-order chi connectivity index (χ1) is 16.4. The molecule has 0 spiro atoms. The zero-order valence-corrected chi connectivity index (χ0v) is 17.9. The predicted molar refractivity (Wildman–Crippen MR) is 109 cm³/mol. The fourth-order valence-corrected chi connectivity index (χ4v) is 4.43. The Kier molecular flexibility index (Phi) is 6.23. The molecular formula is C24H13BF10. The van der Waals surface area contributed by atoms with Gasteiger partial charge in [-0.25, -0.2) is 43.9 Å². The van der Waals surface area contributed by atoms with E-state index >= 15 is 0 Å². The van der Waals surface area contributed by atoms with Crippen molar-refractivity contribution in [3.8, 4) is 0 Å². The number of rotatable bonds is 4. The lowest BCUT2D eigenvalue weighted by Crippen LogP contribution is -2.51. The average Bonchev–Trinajstić information content (AvgIpc) is 3.22. The van der Waals surface area contributed by atoms with Gasteiger partial charge in [0.15, 0.2) is 58.2 Å². The molecule has 0 nitrogen and oxygen atoms in total. The first-order valence-electron chi connectivity index (χ1n) is 10.2. The minimum atomic E-state index is -2.56. The van der Waals surface area contributed by atoms with E-state index in [9.17, 15) is 43.9 Å². The minimum Gasteiger partial charge on any atom is -0.204 e. The van der Waals surface area contributed by atoms with Crippen LogP contribution in [0.15, 0.2) is 30.3 Å². The van der Waals surface area contributed by atoms with Gasteiger partial charge in [0.05, 0.1) is 0 Å². The summed E-state index contributed by atoms with van der Waals surface area (Å²) in [6.07, 6.45) is 1.27. The van der Waals surface area contributed by atoms with Gasteiger partial charge in [0.1, 0.15) is 0 Å². The van der Waals surface area contributed by atoms with Crippen LogP contribution < -0.4 is 10.9 Å². The zero-order valence-electron chi connectivity index (χ0n) is 17.9. The lowest BCUT2D eigenvalue weighted by Gasteiger charge is -2.21. The third-order valence-electron chi connectivity index (χ3n) is 6.08. The molecule has 0 saturated carbocycles. The number of benzene rings is 3. The fourth-order valence-electron chi connectivity index (χ4n) is 4.43. The van der Waals surface area contributed by atoms with Gasteiger partial charge >= 0.3 is 0 Å². The highest BCUT2D eigenvalue weighted by atomic mass is 19.2. The Bertz CT molecular complexity index is 1270. The van der Waals surface area contributed by atoms with Crippen LogP contribution >= 0.6 is 0 Å². The van der Waals surface area contributed by atoms with Gasteiger partial charge in [-0.05, 0) is 17.0 Å². The van der Waals surface area contributed by atoms with Crippen molar-refractivity contribution >= 4 is 23.1 Å². The minimum absolute atomic E-state index is 0.101. The molecule has 35 heavy (non-hydrogen) atoms. The van der Waals surface area contributed by atoms with E-state index in [0.717, 1.165) is 0 Å². The van der Waals surface area contributed by atoms with Crippen LogP contribution in [-0.4, -0.2) is 6.71 Å². The van der Waals surface area contributed by atoms with Crippen molar-refractivity contribution in [2.24, 2.45) is 5.92 Å². The van der Waals surface area contributed by atoms with Gasteiger partial charge in [-0.3, -0.25) is 0 Å². The molecule has 1 atom stereocenters. The maximum absolute atomic E-state index is 14.9. The van der Waals surface area contributed by atoms with Crippen LogP contribution in [0.1, 0.15) is 30.9 Å². The third-order valence-corrected chi connectivity index (χ3v) is 6.08. The Morgan fingerprint density at radius 3 is 1.34 bits per heavy atom. The average molecular weight is 502 g/mol. The summed E-state index contributed by atoms with van der Waals surface area (Å²) in [5.74, 6) is -25.4. The summed E-state index contributed by atoms with van der Waals surface area (Å²) in [5.41, 5.74) is -3.27. The van der Waals surface area contributed by atoms with Gasteiger partial charge < -0.3 is 0 Å². The highest BCUT2D eigenvalue weighted by molar-refractivity contribution is 7.00. The molecule has 0 radical (unpaired) electrons. The van der Waals surface area contributed by atoms with Crippen molar-refractivity contribution in [2.45, 2.75) is 19.8 Å². The molecule has 0 heterocycles. The summed E-state index contributed by atoms with van der Waals surface area (Å²) in [5, 5.41) is 0. The van der Waals surface area contributed by atoms with Crippen LogP contribution in [0.3, 0.4) is 0 Å². The SMILES string of the molecule is CC(C)C1C=C(B(c2c(F)c(F)c(F)c(F)c2F)c2c(F)c(F)c(F)c(F)c2F)c2ccccc21. The molecular weight excluding hydrogens is 489 g/mol. The predicted octanol–water partition coefficient (Wildman–Crippen LogP) is 6.06. The quantitative estimate of drug-likeness (QED) is 0.176. The molecule has 0 aromatic heterocycles. The lowest BCUT2D eigenvalue weighted by atomic mass is 9.35. The molecule has 182 valence electrons. The molecule has 0 bridgehead atoms. The molecule has 0 aliphatic heterocycles. The van der Waals surface area contributed by atoms with E-state index in [-0.39, 0.29) is 17.0 Å². The smallest absolute Gasteiger partial charge is 0.204 e. The molecule has 1 aliphatic carbocycles. The number of fused-ring (bicyclic) bond motifs is 1. The van der Waals surface area contributed by atoms with Gasteiger partial charge in [-0.15, -0.1) is 0 Å². The van der Waals surface area contributed by atoms with Crippen molar-refractivity contribution < 1.29 is 43.9 Å². The van der Waals surface area contributed by atoms with Crippen molar-refractivity contribution in [2.75, 3.05) is 0 Å². The second kappa shape index (κ2) is 8.76. The third kappa shape index (κ3) is 3.63. The van der Waals surface area contributed by atoms with Gasteiger partial charge in [0.25, 0.3) is 6.71 Å². The molecule has 3 aromatic carbocycles. The van der Waals surface area contributed by atoms with Crippen LogP contribution in [0.5, 0.6) is 0 Å². The van der Waals surface area contributed by atoms with Crippen LogP contribution in [0, 0.1) is 64.1 Å². The molecule has 0 amide bonds. The molecule has 0 saturated heterocycles. The Hall–Kier alpha value is -3.24.